The van der Waals surface area contributed by atoms with Crippen molar-refractivity contribution in [3.63, 3.8) is 0 Å². The van der Waals surface area contributed by atoms with Crippen molar-refractivity contribution >= 4 is 66.5 Å². The van der Waals surface area contributed by atoms with Crippen LogP contribution < -0.4 is 0 Å². The van der Waals surface area contributed by atoms with Gasteiger partial charge in [0.25, 0.3) is 0 Å². The first-order valence-corrected chi connectivity index (χ1v) is 10.3. The van der Waals surface area contributed by atoms with Crippen molar-refractivity contribution in [2.75, 3.05) is 0 Å². The van der Waals surface area contributed by atoms with E-state index in [4.69, 9.17) is 8.83 Å². The van der Waals surface area contributed by atoms with Gasteiger partial charge in [-0.15, -0.1) is 0 Å². The van der Waals surface area contributed by atoms with Crippen molar-refractivity contribution in [2.45, 2.75) is 6.92 Å². The molecule has 28 heavy (non-hydrogen) atoms. The Hall–Kier alpha value is -2.79. The van der Waals surface area contributed by atoms with E-state index in [1.54, 1.807) is 0 Å². The monoisotopic (exact) mass is 474 g/mol. The van der Waals surface area contributed by atoms with E-state index < -0.39 is 0 Å². The van der Waals surface area contributed by atoms with Crippen LogP contribution in [0, 0.1) is 10.5 Å². The Labute approximate surface area is 174 Å². The Morgan fingerprint density at radius 1 is 0.607 bits per heavy atom. The molecule has 4 aromatic carbocycles. The van der Waals surface area contributed by atoms with Crippen LogP contribution in [0.25, 0.3) is 55.0 Å². The molecule has 0 unspecified atom stereocenters. The molecular formula is C25H15IO2. The zero-order chi connectivity index (χ0) is 18.8. The molecule has 2 aromatic heterocycles. The average Bonchev–Trinajstić information content (AvgIpc) is 3.26. The summed E-state index contributed by atoms with van der Waals surface area (Å²) in [5.74, 6) is 0. The third-order valence-electron chi connectivity index (χ3n) is 5.43. The molecule has 0 radical (unpaired) electrons. The molecule has 0 aliphatic heterocycles. The Bertz CT molecular complexity index is 1530. The number of hydrogen-bond acceptors (Lipinski definition) is 2. The maximum atomic E-state index is 6.09. The standard InChI is InChI=1S/C25H15IO2/c1-14-10-16(12-21-18-4-2-3-5-22(18)28-25(14)21)15-6-8-23-19(11-15)20-13-17(26)7-9-24(20)27-23/h2-13H,1H3. The summed E-state index contributed by atoms with van der Waals surface area (Å²) < 4.78 is 13.3. The number of fused-ring (bicyclic) bond motifs is 6. The molecule has 0 aliphatic carbocycles. The van der Waals surface area contributed by atoms with Crippen LogP contribution in [0.3, 0.4) is 0 Å². The van der Waals surface area contributed by atoms with Crippen LogP contribution >= 0.6 is 22.6 Å². The first kappa shape index (κ1) is 16.2. The van der Waals surface area contributed by atoms with Crippen LogP contribution in [-0.4, -0.2) is 0 Å². The number of para-hydroxylation sites is 1. The van der Waals surface area contributed by atoms with Gasteiger partial charge in [0.2, 0.25) is 0 Å². The molecule has 0 aliphatic rings. The molecule has 6 aromatic rings. The number of hydrogen-bond donors (Lipinski definition) is 0. The van der Waals surface area contributed by atoms with Crippen LogP contribution in [0.15, 0.2) is 81.6 Å². The molecule has 6 rings (SSSR count). The second-order valence-electron chi connectivity index (χ2n) is 7.22. The van der Waals surface area contributed by atoms with Crippen molar-refractivity contribution in [2.24, 2.45) is 0 Å². The molecular weight excluding hydrogens is 459 g/mol. The molecule has 0 saturated carbocycles. The SMILES string of the molecule is Cc1cc(-c2ccc3oc4ccc(I)cc4c3c2)cc2c1oc1ccccc12. The number of benzene rings is 4. The second kappa shape index (κ2) is 5.85. The second-order valence-corrected chi connectivity index (χ2v) is 8.47. The van der Waals surface area contributed by atoms with Crippen molar-refractivity contribution in [3.8, 4) is 11.1 Å². The van der Waals surface area contributed by atoms with Crippen molar-refractivity contribution < 1.29 is 8.83 Å². The van der Waals surface area contributed by atoms with Crippen molar-refractivity contribution in [1.29, 1.82) is 0 Å². The van der Waals surface area contributed by atoms with E-state index in [9.17, 15) is 0 Å². The van der Waals surface area contributed by atoms with E-state index in [2.05, 4.69) is 84.1 Å². The predicted octanol–water partition coefficient (Wildman–Crippen LogP) is 8.07. The minimum atomic E-state index is 0.923. The molecule has 2 heterocycles. The summed E-state index contributed by atoms with van der Waals surface area (Å²) in [6.45, 7) is 2.11. The van der Waals surface area contributed by atoms with E-state index >= 15 is 0 Å². The lowest BCUT2D eigenvalue weighted by molar-refractivity contribution is 0.666. The van der Waals surface area contributed by atoms with E-state index in [0.717, 1.165) is 49.4 Å². The fourth-order valence-corrected chi connectivity index (χ4v) is 4.58. The van der Waals surface area contributed by atoms with Gasteiger partial charge in [0, 0.05) is 25.1 Å². The van der Waals surface area contributed by atoms with Crippen molar-refractivity contribution in [1.82, 2.24) is 0 Å². The predicted molar refractivity (Wildman–Crippen MR) is 124 cm³/mol. The highest BCUT2D eigenvalue weighted by Gasteiger charge is 2.13. The van der Waals surface area contributed by atoms with Gasteiger partial charge in [0.15, 0.2) is 0 Å². The van der Waals surface area contributed by atoms with Gasteiger partial charge in [0.1, 0.15) is 22.3 Å². The van der Waals surface area contributed by atoms with Gasteiger partial charge in [-0.05, 0) is 94.7 Å². The lowest BCUT2D eigenvalue weighted by Crippen LogP contribution is -1.81. The van der Waals surface area contributed by atoms with E-state index in [-0.39, 0.29) is 0 Å². The Kier molecular flexibility index (Phi) is 3.38. The van der Waals surface area contributed by atoms with Gasteiger partial charge in [-0.1, -0.05) is 24.3 Å². The fourth-order valence-electron chi connectivity index (χ4n) is 4.09. The third-order valence-corrected chi connectivity index (χ3v) is 6.10. The molecule has 3 heteroatoms. The van der Waals surface area contributed by atoms with Gasteiger partial charge in [-0.2, -0.15) is 0 Å². The number of furan rings is 2. The quantitative estimate of drug-likeness (QED) is 0.225. The van der Waals surface area contributed by atoms with Gasteiger partial charge in [0.05, 0.1) is 0 Å². The minimum Gasteiger partial charge on any atom is -0.456 e. The molecule has 2 nitrogen and oxygen atoms in total. The average molecular weight is 474 g/mol. The Morgan fingerprint density at radius 2 is 1.32 bits per heavy atom. The maximum absolute atomic E-state index is 6.09. The van der Waals surface area contributed by atoms with E-state index in [0.29, 0.717) is 0 Å². The molecule has 0 bridgehead atoms. The molecule has 0 fully saturated rings. The molecule has 0 N–H and O–H groups in total. The van der Waals surface area contributed by atoms with Crippen LogP contribution in [0.4, 0.5) is 0 Å². The normalized spacial score (nSPS) is 11.9. The first-order chi connectivity index (χ1) is 13.7. The summed E-state index contributed by atoms with van der Waals surface area (Å²) in [7, 11) is 0. The third kappa shape index (κ3) is 2.32. The van der Waals surface area contributed by atoms with Gasteiger partial charge in [-0.25, -0.2) is 0 Å². The highest BCUT2D eigenvalue weighted by Crippen LogP contribution is 2.37. The minimum absolute atomic E-state index is 0.923. The number of halogens is 1. The fraction of sp³-hybridized carbons (Fsp3) is 0.0400. The highest BCUT2D eigenvalue weighted by atomic mass is 127. The largest absolute Gasteiger partial charge is 0.456 e. The number of aryl methyl sites for hydroxylation is 1. The maximum Gasteiger partial charge on any atom is 0.138 e. The summed E-state index contributed by atoms with van der Waals surface area (Å²) in [6, 6.07) is 25.4. The van der Waals surface area contributed by atoms with Crippen LogP contribution in [0.5, 0.6) is 0 Å². The summed E-state index contributed by atoms with van der Waals surface area (Å²) >= 11 is 2.35. The summed E-state index contributed by atoms with van der Waals surface area (Å²) in [5.41, 5.74) is 7.28. The van der Waals surface area contributed by atoms with Crippen molar-refractivity contribution in [3.05, 3.63) is 81.9 Å². The summed E-state index contributed by atoms with van der Waals surface area (Å²) in [4.78, 5) is 0. The topological polar surface area (TPSA) is 26.3 Å². The van der Waals surface area contributed by atoms with Gasteiger partial charge >= 0.3 is 0 Å². The summed E-state index contributed by atoms with van der Waals surface area (Å²) in [5, 5.41) is 4.64. The summed E-state index contributed by atoms with van der Waals surface area (Å²) in [6.07, 6.45) is 0. The van der Waals surface area contributed by atoms with Gasteiger partial charge < -0.3 is 8.83 Å². The molecule has 0 amide bonds. The zero-order valence-electron chi connectivity index (χ0n) is 15.1. The molecule has 0 saturated heterocycles. The van der Waals surface area contributed by atoms with E-state index in [1.807, 2.05) is 18.2 Å². The molecule has 0 atom stereocenters. The lowest BCUT2D eigenvalue weighted by Gasteiger charge is -2.05. The lowest BCUT2D eigenvalue weighted by atomic mass is 9.98. The molecule has 0 spiro atoms. The molecule has 134 valence electrons. The smallest absolute Gasteiger partial charge is 0.138 e. The van der Waals surface area contributed by atoms with Gasteiger partial charge in [-0.3, -0.25) is 0 Å². The van der Waals surface area contributed by atoms with Crippen LogP contribution in [0.2, 0.25) is 0 Å². The Morgan fingerprint density at radius 3 is 2.21 bits per heavy atom. The van der Waals surface area contributed by atoms with Crippen LogP contribution in [0.1, 0.15) is 5.56 Å². The van der Waals surface area contributed by atoms with Crippen LogP contribution in [-0.2, 0) is 0 Å². The van der Waals surface area contributed by atoms with E-state index in [1.165, 1.54) is 14.7 Å². The number of rotatable bonds is 1. The zero-order valence-corrected chi connectivity index (χ0v) is 17.3. The first-order valence-electron chi connectivity index (χ1n) is 9.21. The Balaban J connectivity index is 1.63. The highest BCUT2D eigenvalue weighted by molar-refractivity contribution is 14.1.